The van der Waals surface area contributed by atoms with E-state index in [1.807, 2.05) is 37.3 Å². The van der Waals surface area contributed by atoms with Gasteiger partial charge >= 0.3 is 6.09 Å². The van der Waals surface area contributed by atoms with Gasteiger partial charge in [0.25, 0.3) is 0 Å². The first kappa shape index (κ1) is 20.6. The first-order chi connectivity index (χ1) is 14.4. The van der Waals surface area contributed by atoms with Gasteiger partial charge in [-0.05, 0) is 37.4 Å². The predicted molar refractivity (Wildman–Crippen MR) is 114 cm³/mol. The predicted octanol–water partition coefficient (Wildman–Crippen LogP) is 3.42. The van der Waals surface area contributed by atoms with Gasteiger partial charge in [0.15, 0.2) is 0 Å². The fourth-order valence-corrected chi connectivity index (χ4v) is 4.33. The minimum absolute atomic E-state index is 0.0261. The lowest BCUT2D eigenvalue weighted by molar-refractivity contribution is -0.118. The number of hydrogen-bond acceptors (Lipinski definition) is 6. The van der Waals surface area contributed by atoms with Gasteiger partial charge in [0, 0.05) is 43.6 Å². The topological polar surface area (TPSA) is 75.6 Å². The smallest absolute Gasteiger partial charge is 0.410 e. The van der Waals surface area contributed by atoms with Crippen molar-refractivity contribution in [2.75, 3.05) is 18.0 Å². The minimum atomic E-state index is -0.314. The van der Waals surface area contributed by atoms with Gasteiger partial charge in [-0.15, -0.1) is 0 Å². The van der Waals surface area contributed by atoms with Crippen molar-refractivity contribution in [1.82, 2.24) is 14.9 Å². The van der Waals surface area contributed by atoms with E-state index in [9.17, 15) is 9.59 Å². The van der Waals surface area contributed by atoms with Crippen LogP contribution in [0.15, 0.2) is 30.3 Å². The zero-order valence-corrected chi connectivity index (χ0v) is 17.9. The van der Waals surface area contributed by atoms with Crippen LogP contribution in [0, 0.1) is 0 Å². The Morgan fingerprint density at radius 1 is 1.13 bits per heavy atom. The van der Waals surface area contributed by atoms with Crippen molar-refractivity contribution in [3.8, 4) is 0 Å². The van der Waals surface area contributed by atoms with Crippen molar-refractivity contribution in [3.05, 3.63) is 52.4 Å². The Labute approximate surface area is 181 Å². The second-order valence-corrected chi connectivity index (χ2v) is 8.34. The van der Waals surface area contributed by atoms with Gasteiger partial charge in [0.2, 0.25) is 5.28 Å². The van der Waals surface area contributed by atoms with E-state index >= 15 is 0 Å². The van der Waals surface area contributed by atoms with E-state index < -0.39 is 0 Å². The number of rotatable bonds is 3. The van der Waals surface area contributed by atoms with Crippen LogP contribution < -0.4 is 4.90 Å². The molecule has 0 saturated carbocycles. The van der Waals surface area contributed by atoms with Crippen LogP contribution in [0.5, 0.6) is 0 Å². The third-order valence-corrected chi connectivity index (χ3v) is 5.93. The van der Waals surface area contributed by atoms with Crippen molar-refractivity contribution < 1.29 is 14.3 Å². The third-order valence-electron chi connectivity index (χ3n) is 5.76. The number of ether oxygens (including phenoxy) is 1. The molecule has 2 aliphatic rings. The number of anilines is 1. The Morgan fingerprint density at radius 2 is 1.90 bits per heavy atom. The van der Waals surface area contributed by atoms with E-state index in [1.54, 1.807) is 4.90 Å². The number of hydrogen-bond donors (Lipinski definition) is 0. The molecule has 1 aliphatic heterocycles. The molecule has 0 radical (unpaired) electrons. The number of amides is 1. The SMILES string of the molecule is C[C@@H]1CN(c2nc(Cl)nc3c2CCC(=O)C3)[C@@H](C)CN1C(=O)OCc1ccccc1. The summed E-state index contributed by atoms with van der Waals surface area (Å²) in [6.07, 6.45) is 1.12. The van der Waals surface area contributed by atoms with E-state index in [0.29, 0.717) is 32.4 Å². The van der Waals surface area contributed by atoms with Crippen LogP contribution in [0.1, 0.15) is 37.1 Å². The zero-order valence-electron chi connectivity index (χ0n) is 17.2. The Hall–Kier alpha value is -2.67. The van der Waals surface area contributed by atoms with Gasteiger partial charge in [-0.3, -0.25) is 4.79 Å². The highest BCUT2D eigenvalue weighted by Gasteiger charge is 2.36. The lowest BCUT2D eigenvalue weighted by Crippen LogP contribution is -2.58. The third kappa shape index (κ3) is 4.26. The fourth-order valence-electron chi connectivity index (χ4n) is 4.15. The molecule has 1 fully saturated rings. The highest BCUT2D eigenvalue weighted by atomic mass is 35.5. The number of Topliss-reactive ketones (excluding diaryl/α,β-unsaturated/α-hetero) is 1. The molecule has 0 N–H and O–H groups in total. The summed E-state index contributed by atoms with van der Waals surface area (Å²) < 4.78 is 5.53. The number of piperazine rings is 1. The quantitative estimate of drug-likeness (QED) is 0.697. The Kier molecular flexibility index (Phi) is 5.90. The maximum atomic E-state index is 12.7. The molecular formula is C22H25ClN4O3. The van der Waals surface area contributed by atoms with Crippen LogP contribution in [0.4, 0.5) is 10.6 Å². The van der Waals surface area contributed by atoms with Crippen LogP contribution in [0.2, 0.25) is 5.28 Å². The van der Waals surface area contributed by atoms with Crippen LogP contribution >= 0.6 is 11.6 Å². The first-order valence-electron chi connectivity index (χ1n) is 10.2. The molecule has 2 heterocycles. The number of nitrogens with zero attached hydrogens (tertiary/aromatic N) is 4. The summed E-state index contributed by atoms with van der Waals surface area (Å²) in [5.41, 5.74) is 2.69. The highest BCUT2D eigenvalue weighted by Crippen LogP contribution is 2.31. The monoisotopic (exact) mass is 428 g/mol. The van der Waals surface area contributed by atoms with Crippen LogP contribution in [0.25, 0.3) is 0 Å². The minimum Gasteiger partial charge on any atom is -0.445 e. The van der Waals surface area contributed by atoms with E-state index in [4.69, 9.17) is 16.3 Å². The van der Waals surface area contributed by atoms with Gasteiger partial charge in [-0.25, -0.2) is 14.8 Å². The van der Waals surface area contributed by atoms with Gasteiger partial charge in [0.05, 0.1) is 5.69 Å². The number of ketones is 1. The summed E-state index contributed by atoms with van der Waals surface area (Å²) in [7, 11) is 0. The summed E-state index contributed by atoms with van der Waals surface area (Å²) >= 11 is 6.17. The molecule has 1 saturated heterocycles. The van der Waals surface area contributed by atoms with E-state index in [0.717, 1.165) is 22.6 Å². The average molecular weight is 429 g/mol. The van der Waals surface area contributed by atoms with Crippen molar-refractivity contribution in [3.63, 3.8) is 0 Å². The van der Waals surface area contributed by atoms with Gasteiger partial charge in [-0.1, -0.05) is 30.3 Å². The lowest BCUT2D eigenvalue weighted by atomic mass is 9.94. The van der Waals surface area contributed by atoms with Crippen LogP contribution in [0.3, 0.4) is 0 Å². The number of carbonyl (C=O) groups is 2. The standard InChI is InChI=1S/C22H25ClN4O3/c1-14-12-27(22(29)30-13-16-6-4-3-5-7-16)15(2)11-26(14)20-18-9-8-17(28)10-19(18)24-21(23)25-20/h3-7,14-15H,8-13H2,1-2H3/t14-,15+/m0/s1. The summed E-state index contributed by atoms with van der Waals surface area (Å²) in [5, 5.41) is 0.156. The molecule has 8 heteroatoms. The second-order valence-electron chi connectivity index (χ2n) is 8.00. The molecule has 7 nitrogen and oxygen atoms in total. The van der Waals surface area contributed by atoms with Crippen LogP contribution in [-0.4, -0.2) is 51.9 Å². The van der Waals surface area contributed by atoms with Crippen molar-refractivity contribution in [2.24, 2.45) is 0 Å². The first-order valence-corrected chi connectivity index (χ1v) is 10.6. The number of aromatic nitrogens is 2. The molecule has 0 spiro atoms. The molecule has 158 valence electrons. The van der Waals surface area contributed by atoms with Crippen molar-refractivity contribution in [2.45, 2.75) is 51.8 Å². The summed E-state index contributed by atoms with van der Waals surface area (Å²) in [5.74, 6) is 0.963. The molecule has 0 unspecified atom stereocenters. The number of benzene rings is 1. The Morgan fingerprint density at radius 3 is 2.67 bits per heavy atom. The molecule has 2 aromatic rings. The largest absolute Gasteiger partial charge is 0.445 e. The number of carbonyl (C=O) groups excluding carboxylic acids is 2. The molecule has 1 aromatic carbocycles. The maximum absolute atomic E-state index is 12.7. The van der Waals surface area contributed by atoms with Gasteiger partial charge < -0.3 is 14.5 Å². The second kappa shape index (κ2) is 8.60. The molecular weight excluding hydrogens is 404 g/mol. The van der Waals surface area contributed by atoms with Gasteiger partial charge in [-0.2, -0.15) is 0 Å². The highest BCUT2D eigenvalue weighted by molar-refractivity contribution is 6.28. The number of halogens is 1. The summed E-state index contributed by atoms with van der Waals surface area (Å²) in [6.45, 7) is 5.44. The van der Waals surface area contributed by atoms with E-state index in [1.165, 1.54) is 0 Å². The molecule has 4 rings (SSSR count). The summed E-state index contributed by atoms with van der Waals surface area (Å²) in [6, 6.07) is 9.62. The van der Waals surface area contributed by atoms with Crippen molar-refractivity contribution in [1.29, 1.82) is 0 Å². The number of fused-ring (bicyclic) bond motifs is 1. The summed E-state index contributed by atoms with van der Waals surface area (Å²) in [4.78, 5) is 37.3. The molecule has 1 amide bonds. The zero-order chi connectivity index (χ0) is 21.3. The van der Waals surface area contributed by atoms with E-state index in [2.05, 4.69) is 21.8 Å². The van der Waals surface area contributed by atoms with Crippen LogP contribution in [-0.2, 0) is 29.0 Å². The molecule has 1 aromatic heterocycles. The van der Waals surface area contributed by atoms with E-state index in [-0.39, 0.29) is 35.9 Å². The molecule has 0 bridgehead atoms. The fraction of sp³-hybridized carbons (Fsp3) is 0.455. The average Bonchev–Trinajstić information content (AvgIpc) is 2.73. The molecule has 2 atom stereocenters. The molecule has 30 heavy (non-hydrogen) atoms. The molecule has 1 aliphatic carbocycles. The Balaban J connectivity index is 1.48. The van der Waals surface area contributed by atoms with Gasteiger partial charge in [0.1, 0.15) is 18.2 Å². The van der Waals surface area contributed by atoms with Crippen molar-refractivity contribution >= 4 is 29.3 Å². The lowest BCUT2D eigenvalue weighted by Gasteiger charge is -2.44. The Bertz CT molecular complexity index is 953. The normalized spacial score (nSPS) is 21.4. The maximum Gasteiger partial charge on any atom is 0.410 e.